The standard InChI is InChI=1S/C27H20ClN5O3S/c1-15-10-18(25-26(28)37-14-32-25)17-4-3-5-23(24(17)33-15)36-13-20-21(30-9-7-22(20)35-2)11-16-6-8-31-27(34)19(16)12-29/h3-10,14H,11,13H2,1-2H3,(H,31,34). The summed E-state index contributed by atoms with van der Waals surface area (Å²) in [6, 6.07) is 13.1. The van der Waals surface area contributed by atoms with Gasteiger partial charge in [-0.3, -0.25) is 9.78 Å². The number of rotatable bonds is 7. The third kappa shape index (κ3) is 4.77. The minimum absolute atomic E-state index is 0.0564. The molecule has 0 aliphatic carbocycles. The van der Waals surface area contributed by atoms with Crippen LogP contribution in [0.25, 0.3) is 22.2 Å². The predicted molar refractivity (Wildman–Crippen MR) is 142 cm³/mol. The molecule has 8 nitrogen and oxygen atoms in total. The van der Waals surface area contributed by atoms with Gasteiger partial charge in [-0.25, -0.2) is 9.97 Å². The first kappa shape index (κ1) is 24.4. The van der Waals surface area contributed by atoms with Crippen molar-refractivity contribution in [3.05, 3.63) is 97.1 Å². The summed E-state index contributed by atoms with van der Waals surface area (Å²) in [6.07, 6.45) is 3.41. The Bertz CT molecular complexity index is 1720. The number of halogens is 1. The number of aromatic nitrogens is 4. The van der Waals surface area contributed by atoms with Gasteiger partial charge in [-0.05, 0) is 36.8 Å². The highest BCUT2D eigenvalue weighted by atomic mass is 35.5. The van der Waals surface area contributed by atoms with Crippen molar-refractivity contribution in [2.45, 2.75) is 20.0 Å². The number of para-hydroxylation sites is 1. The summed E-state index contributed by atoms with van der Waals surface area (Å²) in [6.45, 7) is 2.05. The van der Waals surface area contributed by atoms with Gasteiger partial charge in [0.15, 0.2) is 0 Å². The SMILES string of the molecule is COc1ccnc(Cc2cc[nH]c(=O)c2C#N)c1COc1cccc2c(-c3ncsc3Cl)cc(C)nc12. The summed E-state index contributed by atoms with van der Waals surface area (Å²) >= 11 is 7.77. The van der Waals surface area contributed by atoms with Crippen molar-refractivity contribution >= 4 is 33.8 Å². The molecule has 0 radical (unpaired) electrons. The third-order valence-corrected chi connectivity index (χ3v) is 6.98. The van der Waals surface area contributed by atoms with Gasteiger partial charge in [0.2, 0.25) is 0 Å². The number of nitrogens with one attached hydrogen (secondary N) is 1. The highest BCUT2D eigenvalue weighted by Gasteiger charge is 2.18. The van der Waals surface area contributed by atoms with Crippen LogP contribution < -0.4 is 15.0 Å². The normalized spacial score (nSPS) is 10.9. The first-order chi connectivity index (χ1) is 18.0. The zero-order valence-corrected chi connectivity index (χ0v) is 21.5. The van der Waals surface area contributed by atoms with Gasteiger partial charge in [0.1, 0.15) is 45.3 Å². The van der Waals surface area contributed by atoms with E-state index in [-0.39, 0.29) is 18.6 Å². The molecule has 4 aromatic heterocycles. The number of aryl methyl sites for hydroxylation is 1. The van der Waals surface area contributed by atoms with Crippen molar-refractivity contribution in [1.29, 1.82) is 5.26 Å². The minimum atomic E-state index is -0.436. The maximum absolute atomic E-state index is 12.1. The second-order valence-corrected chi connectivity index (χ2v) is 9.62. The van der Waals surface area contributed by atoms with Crippen LogP contribution in [0, 0.1) is 18.3 Å². The number of H-pyrrole nitrogens is 1. The predicted octanol–water partition coefficient (Wildman–Crippen LogP) is 5.45. The van der Waals surface area contributed by atoms with Gasteiger partial charge in [0.05, 0.1) is 23.9 Å². The fourth-order valence-electron chi connectivity index (χ4n) is 4.20. The lowest BCUT2D eigenvalue weighted by molar-refractivity contribution is 0.297. The number of ether oxygens (including phenoxy) is 2. The van der Waals surface area contributed by atoms with Crippen LogP contribution in [0.3, 0.4) is 0 Å². The molecule has 1 aromatic carbocycles. The minimum Gasteiger partial charge on any atom is -0.496 e. The second kappa shape index (κ2) is 10.4. The zero-order valence-electron chi connectivity index (χ0n) is 19.9. The van der Waals surface area contributed by atoms with Crippen molar-refractivity contribution in [3.63, 3.8) is 0 Å². The van der Waals surface area contributed by atoms with E-state index in [2.05, 4.69) is 15.0 Å². The molecule has 10 heteroatoms. The summed E-state index contributed by atoms with van der Waals surface area (Å²) in [5.74, 6) is 1.17. The Morgan fingerprint density at radius 2 is 2.05 bits per heavy atom. The Hall–Kier alpha value is -4.26. The van der Waals surface area contributed by atoms with Crippen LogP contribution in [0.5, 0.6) is 11.5 Å². The quantitative estimate of drug-likeness (QED) is 0.298. The van der Waals surface area contributed by atoms with E-state index in [1.165, 1.54) is 17.5 Å². The molecule has 0 aliphatic heterocycles. The maximum Gasteiger partial charge on any atom is 0.266 e. The number of pyridine rings is 3. The van der Waals surface area contributed by atoms with Crippen LogP contribution >= 0.6 is 22.9 Å². The Morgan fingerprint density at radius 1 is 1.19 bits per heavy atom. The first-order valence-corrected chi connectivity index (χ1v) is 12.5. The number of thiazole rings is 1. The van der Waals surface area contributed by atoms with Crippen LogP contribution in [0.4, 0.5) is 0 Å². The van der Waals surface area contributed by atoms with Crippen molar-refractivity contribution in [1.82, 2.24) is 19.9 Å². The average Bonchev–Trinajstić information content (AvgIpc) is 3.33. The van der Waals surface area contributed by atoms with E-state index in [9.17, 15) is 10.1 Å². The number of benzene rings is 1. The molecule has 1 N–H and O–H groups in total. The van der Waals surface area contributed by atoms with E-state index >= 15 is 0 Å². The molecular weight excluding hydrogens is 510 g/mol. The van der Waals surface area contributed by atoms with Crippen molar-refractivity contribution < 1.29 is 9.47 Å². The fourth-order valence-corrected chi connectivity index (χ4v) is 5.00. The highest BCUT2D eigenvalue weighted by Crippen LogP contribution is 2.37. The molecule has 0 amide bonds. The summed E-state index contributed by atoms with van der Waals surface area (Å²) < 4.78 is 12.5. The molecule has 0 fully saturated rings. The molecule has 5 aromatic rings. The molecule has 5 rings (SSSR count). The van der Waals surface area contributed by atoms with Gasteiger partial charge in [-0.15, -0.1) is 11.3 Å². The first-order valence-electron chi connectivity index (χ1n) is 11.2. The lowest BCUT2D eigenvalue weighted by Gasteiger charge is -2.16. The summed E-state index contributed by atoms with van der Waals surface area (Å²) in [7, 11) is 1.57. The van der Waals surface area contributed by atoms with Crippen LogP contribution in [0.15, 0.2) is 59.1 Å². The zero-order chi connectivity index (χ0) is 25.9. The van der Waals surface area contributed by atoms with E-state index in [1.54, 1.807) is 30.9 Å². The smallest absolute Gasteiger partial charge is 0.266 e. The topological polar surface area (TPSA) is 114 Å². The molecule has 4 heterocycles. The van der Waals surface area contributed by atoms with Crippen LogP contribution in [0.1, 0.15) is 28.1 Å². The maximum atomic E-state index is 12.1. The van der Waals surface area contributed by atoms with Gasteiger partial charge in [-0.1, -0.05) is 23.7 Å². The van der Waals surface area contributed by atoms with Crippen LogP contribution in [0.2, 0.25) is 4.34 Å². The van der Waals surface area contributed by atoms with Crippen LogP contribution in [-0.2, 0) is 13.0 Å². The Labute approximate surface area is 221 Å². The van der Waals surface area contributed by atoms with Gasteiger partial charge >= 0.3 is 0 Å². The van der Waals surface area contributed by atoms with E-state index < -0.39 is 5.56 Å². The van der Waals surface area contributed by atoms with Gasteiger partial charge < -0.3 is 14.5 Å². The molecular formula is C27H20ClN5O3S. The molecule has 0 saturated heterocycles. The molecule has 0 unspecified atom stereocenters. The Balaban J connectivity index is 1.53. The third-order valence-electron chi connectivity index (χ3n) is 5.92. The van der Waals surface area contributed by atoms with Gasteiger partial charge in [0.25, 0.3) is 5.56 Å². The monoisotopic (exact) mass is 529 g/mol. The van der Waals surface area contributed by atoms with E-state index in [1.807, 2.05) is 37.3 Å². The highest BCUT2D eigenvalue weighted by molar-refractivity contribution is 7.14. The van der Waals surface area contributed by atoms with Crippen molar-refractivity contribution in [2.24, 2.45) is 0 Å². The molecule has 0 saturated carbocycles. The lowest BCUT2D eigenvalue weighted by atomic mass is 10.0. The van der Waals surface area contributed by atoms with Crippen LogP contribution in [-0.4, -0.2) is 27.0 Å². The number of nitrogens with zero attached hydrogens (tertiary/aromatic N) is 4. The molecule has 0 bridgehead atoms. The molecule has 0 atom stereocenters. The largest absolute Gasteiger partial charge is 0.496 e. The second-order valence-electron chi connectivity index (χ2n) is 8.16. The van der Waals surface area contributed by atoms with E-state index in [0.29, 0.717) is 43.9 Å². The molecule has 37 heavy (non-hydrogen) atoms. The Morgan fingerprint density at radius 3 is 2.81 bits per heavy atom. The number of nitriles is 1. The summed E-state index contributed by atoms with van der Waals surface area (Å²) in [5.41, 5.74) is 6.35. The van der Waals surface area contributed by atoms with E-state index in [0.717, 1.165) is 16.6 Å². The van der Waals surface area contributed by atoms with E-state index in [4.69, 9.17) is 26.1 Å². The van der Waals surface area contributed by atoms with Gasteiger partial charge in [0, 0.05) is 35.5 Å². The number of fused-ring (bicyclic) bond motifs is 1. The molecule has 184 valence electrons. The number of hydrogen-bond donors (Lipinski definition) is 1. The van der Waals surface area contributed by atoms with Crippen molar-refractivity contribution in [2.75, 3.05) is 7.11 Å². The lowest BCUT2D eigenvalue weighted by Crippen LogP contribution is -2.14. The Kier molecular flexibility index (Phi) is 6.86. The average molecular weight is 530 g/mol. The van der Waals surface area contributed by atoms with Crippen molar-refractivity contribution in [3.8, 4) is 28.8 Å². The number of aromatic amines is 1. The summed E-state index contributed by atoms with van der Waals surface area (Å²) in [5, 5.41) is 10.3. The summed E-state index contributed by atoms with van der Waals surface area (Å²) in [4.78, 5) is 28.3. The number of methoxy groups -OCH3 is 1. The molecule has 0 aliphatic rings. The van der Waals surface area contributed by atoms with Gasteiger partial charge in [-0.2, -0.15) is 5.26 Å². The number of hydrogen-bond acceptors (Lipinski definition) is 8. The fraction of sp³-hybridized carbons (Fsp3) is 0.148. The molecule has 0 spiro atoms.